The zero-order chi connectivity index (χ0) is 58.4. The Kier molecular flexibility index (Phi) is 14.3. The number of carbonyl (C=O) groups excluding carboxylic acids is 2. The number of nitrogens with one attached hydrogen (secondary N) is 2. The summed E-state index contributed by atoms with van der Waals surface area (Å²) < 4.78 is 210. The van der Waals surface area contributed by atoms with Gasteiger partial charge in [0.05, 0.1) is 21.2 Å². The molecule has 0 unspecified atom stereocenters. The van der Waals surface area contributed by atoms with Gasteiger partial charge in [0.1, 0.15) is 42.3 Å². The summed E-state index contributed by atoms with van der Waals surface area (Å²) in [6.45, 7) is 0. The highest BCUT2D eigenvalue weighted by atomic mass is 32.2. The van der Waals surface area contributed by atoms with Gasteiger partial charge in [-0.25, -0.2) is 0 Å². The first-order valence-electron chi connectivity index (χ1n) is 22.5. The van der Waals surface area contributed by atoms with Crippen LogP contribution in [-0.4, -0.2) is 99.9 Å². The van der Waals surface area contributed by atoms with Crippen LogP contribution in [0.2, 0.25) is 0 Å². The Morgan fingerprint density at radius 1 is 0.388 bits per heavy atom. The molecule has 34 heteroatoms. The van der Waals surface area contributed by atoms with E-state index < -0.39 is 169 Å². The summed E-state index contributed by atoms with van der Waals surface area (Å²) in [5, 5.41) is 40.4. The Bertz CT molecular complexity index is 4410. The molecule has 7 aromatic rings. The van der Waals surface area contributed by atoms with E-state index in [0.29, 0.717) is 97.2 Å². The third kappa shape index (κ3) is 11.4. The molecule has 9 rings (SSSR count). The smallest absolute Gasteiger partial charge is 0.296 e. The molecule has 0 atom stereocenters. The van der Waals surface area contributed by atoms with Crippen molar-refractivity contribution in [3.05, 3.63) is 118 Å². The minimum absolute atomic E-state index is 0.361. The Hall–Kier alpha value is -7.74. The van der Waals surface area contributed by atoms with Crippen LogP contribution in [0.5, 0.6) is 11.5 Å². The SMILES string of the molecule is O=C(Nc1cc(S(=O)(=O)O)cc2cc(S(=O)(=O)O)c(N=Nc3cc4c(cc3S(=O)(=O)O)CCC4)c(O)c12)c1ccc(C(=O)Nc2cc(S(=O)(=O)O)cc3cc(S(=O)(=O)O)c(N=Nc4cc5c(cc4S(=O)(=O)O)CCC5)c(O)c23)cc1. The standard InChI is InChI=1S/C46H36N6O22S6/c53-43-39-27(17-37(79(69,70)71)41(43)51-49-31-13-23-3-1-5-25(23)15-35(31)77(63,64)65)11-29(75(57,58)59)19-33(39)47-45(55)21-7-9-22(10-8-21)46(56)48-34-20-30(76(60,61)62)12-28-18-38(80(72,73)74)42(44(54)40(28)34)52-50-32-14-24-4-2-6-26(24)16-36(32)78(66,67)68/h7-20,53-54H,1-6H2,(H,47,55)(H,48,56)(H,57,58,59)(H,60,61,62)(H,63,64,65)(H,66,67,68)(H,69,70,71)(H,72,73,74). The number of hydrogen-bond donors (Lipinski definition) is 10. The van der Waals surface area contributed by atoms with Gasteiger partial charge in [-0.3, -0.25) is 36.9 Å². The molecule has 0 saturated carbocycles. The van der Waals surface area contributed by atoms with Gasteiger partial charge < -0.3 is 20.8 Å². The largest absolute Gasteiger partial charge is 0.505 e. The molecule has 0 heterocycles. The zero-order valence-electron chi connectivity index (χ0n) is 39.9. The van der Waals surface area contributed by atoms with Crippen molar-refractivity contribution in [3.63, 3.8) is 0 Å². The minimum atomic E-state index is -5.44. The lowest BCUT2D eigenvalue weighted by atomic mass is 10.0. The van der Waals surface area contributed by atoms with E-state index in [4.69, 9.17) is 0 Å². The molecule has 2 amide bonds. The van der Waals surface area contributed by atoms with Crippen molar-refractivity contribution < 1.29 is 97.6 Å². The fraction of sp³-hybridized carbons (Fsp3) is 0.130. The average Bonchev–Trinajstić information content (AvgIpc) is 4.08. The van der Waals surface area contributed by atoms with E-state index in [1.165, 1.54) is 12.1 Å². The Morgan fingerprint density at radius 2 is 0.700 bits per heavy atom. The molecule has 0 aromatic heterocycles. The molecule has 0 spiro atoms. The first kappa shape index (κ1) is 57.0. The third-order valence-electron chi connectivity index (χ3n) is 12.7. The summed E-state index contributed by atoms with van der Waals surface area (Å²) >= 11 is 0. The van der Waals surface area contributed by atoms with E-state index >= 15 is 0 Å². The highest BCUT2D eigenvalue weighted by molar-refractivity contribution is 7.87. The number of aromatic hydroxyl groups is 2. The number of carbonyl (C=O) groups is 2. The van der Waals surface area contributed by atoms with Gasteiger partial charge >= 0.3 is 0 Å². The van der Waals surface area contributed by atoms with Crippen LogP contribution < -0.4 is 10.6 Å². The maximum Gasteiger partial charge on any atom is 0.296 e. The fourth-order valence-corrected chi connectivity index (χ4v) is 12.8. The van der Waals surface area contributed by atoms with E-state index in [-0.39, 0.29) is 11.1 Å². The van der Waals surface area contributed by atoms with Gasteiger partial charge in [-0.15, -0.1) is 20.5 Å². The summed E-state index contributed by atoms with van der Waals surface area (Å²) in [6.07, 6.45) is 3.03. The molecular formula is C46H36N6O22S6. The van der Waals surface area contributed by atoms with Gasteiger partial charge in [0, 0.05) is 21.9 Å². The third-order valence-corrected chi connectivity index (χ3v) is 17.9. The van der Waals surface area contributed by atoms with Crippen LogP contribution in [0.25, 0.3) is 21.5 Å². The molecule has 0 bridgehead atoms. The van der Waals surface area contributed by atoms with Gasteiger partial charge in [-0.05, 0) is 156 Å². The number of amides is 2. The molecule has 0 saturated heterocycles. The van der Waals surface area contributed by atoms with Crippen molar-refractivity contribution in [1.29, 1.82) is 0 Å². The van der Waals surface area contributed by atoms with Gasteiger partial charge in [0.15, 0.2) is 11.5 Å². The van der Waals surface area contributed by atoms with Gasteiger partial charge in [0.25, 0.3) is 72.5 Å². The van der Waals surface area contributed by atoms with E-state index in [1.54, 1.807) is 0 Å². The Morgan fingerprint density at radius 3 is 1.00 bits per heavy atom. The summed E-state index contributed by atoms with van der Waals surface area (Å²) in [4.78, 5) is 21.8. The van der Waals surface area contributed by atoms with E-state index in [1.807, 2.05) is 0 Å². The van der Waals surface area contributed by atoms with Crippen molar-refractivity contribution in [2.45, 2.75) is 67.9 Å². The van der Waals surface area contributed by atoms with Crippen LogP contribution in [0, 0.1) is 0 Å². The second kappa shape index (κ2) is 20.1. The number of nitrogens with zero attached hydrogens (tertiary/aromatic N) is 4. The highest BCUT2D eigenvalue weighted by Gasteiger charge is 2.30. The monoisotopic (exact) mass is 1220 g/mol. The second-order valence-electron chi connectivity index (χ2n) is 17.9. The fourth-order valence-electron chi connectivity index (χ4n) is 9.12. The maximum atomic E-state index is 13.9. The summed E-state index contributed by atoms with van der Waals surface area (Å²) in [7, 11) is -31.3. The van der Waals surface area contributed by atoms with Crippen LogP contribution in [0.4, 0.5) is 34.1 Å². The molecule has 28 nitrogen and oxygen atoms in total. The topological polar surface area (TPSA) is 474 Å². The molecule has 80 heavy (non-hydrogen) atoms. The highest BCUT2D eigenvalue weighted by Crippen LogP contribution is 2.48. The minimum Gasteiger partial charge on any atom is -0.505 e. The van der Waals surface area contributed by atoms with Crippen molar-refractivity contribution in [2.24, 2.45) is 20.5 Å². The number of phenolic OH excluding ortho intramolecular Hbond substituents is 2. The lowest BCUT2D eigenvalue weighted by Crippen LogP contribution is -2.15. The predicted octanol–water partition coefficient (Wildman–Crippen LogP) is 7.20. The second-order valence-corrected chi connectivity index (χ2v) is 26.3. The van der Waals surface area contributed by atoms with Gasteiger partial charge in [-0.1, -0.05) is 0 Å². The van der Waals surface area contributed by atoms with Gasteiger partial charge in [0.2, 0.25) is 0 Å². The number of azo groups is 2. The lowest BCUT2D eigenvalue weighted by molar-refractivity contribution is 0.101. The Labute approximate surface area is 452 Å². The van der Waals surface area contributed by atoms with Crippen molar-refractivity contribution in [3.8, 4) is 11.5 Å². The average molecular weight is 1220 g/mol. The zero-order valence-corrected chi connectivity index (χ0v) is 44.8. The van der Waals surface area contributed by atoms with Crippen LogP contribution in [0.3, 0.4) is 0 Å². The number of benzene rings is 7. The molecule has 2 aliphatic rings. The number of rotatable bonds is 14. The maximum absolute atomic E-state index is 13.9. The van der Waals surface area contributed by atoms with Crippen LogP contribution in [0.1, 0.15) is 55.8 Å². The number of phenols is 2. The molecule has 0 aliphatic heterocycles. The van der Waals surface area contributed by atoms with Crippen LogP contribution in [-0.2, 0) is 86.4 Å². The Balaban J connectivity index is 1.08. The van der Waals surface area contributed by atoms with Crippen LogP contribution >= 0.6 is 0 Å². The number of aryl methyl sites for hydroxylation is 4. The molecule has 0 fully saturated rings. The van der Waals surface area contributed by atoms with Gasteiger partial charge in [-0.2, -0.15) is 50.5 Å². The molecule has 10 N–H and O–H groups in total. The first-order chi connectivity index (χ1) is 37.1. The number of anilines is 2. The molecule has 2 aliphatic carbocycles. The molecule has 7 aromatic carbocycles. The predicted molar refractivity (Wildman–Crippen MR) is 278 cm³/mol. The van der Waals surface area contributed by atoms with Crippen LogP contribution in [0.15, 0.2) is 135 Å². The molecule has 418 valence electrons. The van der Waals surface area contributed by atoms with Crippen molar-refractivity contribution in [1.82, 2.24) is 0 Å². The van der Waals surface area contributed by atoms with Crippen molar-refractivity contribution in [2.75, 3.05) is 10.6 Å². The lowest BCUT2D eigenvalue weighted by Gasteiger charge is -2.16. The van der Waals surface area contributed by atoms with E-state index in [2.05, 4.69) is 31.1 Å². The summed E-state index contributed by atoms with van der Waals surface area (Å²) in [6, 6.07) is 12.4. The quantitative estimate of drug-likeness (QED) is 0.0380. The summed E-state index contributed by atoms with van der Waals surface area (Å²) in [5.41, 5.74) is -2.98. The summed E-state index contributed by atoms with van der Waals surface area (Å²) in [5.74, 6) is -4.77. The van der Waals surface area contributed by atoms with E-state index in [0.717, 1.165) is 36.4 Å². The number of fused-ring (bicyclic) bond motifs is 4. The first-order valence-corrected chi connectivity index (χ1v) is 31.1. The molecular weight excluding hydrogens is 1180 g/mol. The van der Waals surface area contributed by atoms with Crippen molar-refractivity contribution >= 4 is 128 Å². The van der Waals surface area contributed by atoms with E-state index in [9.17, 15) is 97.6 Å². The number of hydrogen-bond acceptors (Lipinski definition) is 20. The normalized spacial score (nSPS) is 14.3. The molecule has 0 radical (unpaired) electrons.